The molecule has 1 fully saturated rings. The standard InChI is InChI=1S/C34H42N4O6/c1-23(2)30-31(41)38(27(26-15-9-6-10-16-26)20-37(30)29(40)21-43-4)28(19-25-13-7-5-8-14-25)34(42,35-24(3)39)32-36-33(22-44-32)17-11-12-18-33/h5-10,13-16,20,23,28,30,42H,11-12,17-19,21-22H2,1-4H3,(H,35,39)/t28-,30?,34?/m0/s1. The lowest BCUT2D eigenvalue weighted by molar-refractivity contribution is -0.151. The van der Waals surface area contributed by atoms with Crippen LogP contribution in [0.2, 0.25) is 0 Å². The Balaban J connectivity index is 1.74. The van der Waals surface area contributed by atoms with Crippen molar-refractivity contribution < 1.29 is 29.0 Å². The molecule has 0 saturated heterocycles. The van der Waals surface area contributed by atoms with Crippen molar-refractivity contribution in [2.24, 2.45) is 10.9 Å². The number of aliphatic imine (C=N–C) groups is 1. The smallest absolute Gasteiger partial charge is 0.253 e. The number of methoxy groups -OCH3 is 1. The molecule has 2 unspecified atom stereocenters. The quantitative estimate of drug-likeness (QED) is 0.402. The molecule has 10 heteroatoms. The molecule has 3 amide bonds. The topological polar surface area (TPSA) is 121 Å². The number of carbonyl (C=O) groups is 3. The lowest BCUT2D eigenvalue weighted by Gasteiger charge is -2.48. The summed E-state index contributed by atoms with van der Waals surface area (Å²) in [6, 6.07) is 16.7. The maximum absolute atomic E-state index is 14.8. The van der Waals surface area contributed by atoms with Gasteiger partial charge >= 0.3 is 0 Å². The molecule has 3 atom stereocenters. The number of hydrogen-bond acceptors (Lipinski definition) is 7. The van der Waals surface area contributed by atoms with Crippen LogP contribution in [-0.4, -0.2) is 82.2 Å². The molecule has 0 aromatic heterocycles. The molecule has 234 valence electrons. The Labute approximate surface area is 258 Å². The largest absolute Gasteiger partial charge is 0.475 e. The van der Waals surface area contributed by atoms with Crippen LogP contribution in [0, 0.1) is 5.92 Å². The molecule has 10 nitrogen and oxygen atoms in total. The van der Waals surface area contributed by atoms with Gasteiger partial charge in [0.2, 0.25) is 17.5 Å². The highest BCUT2D eigenvalue weighted by Crippen LogP contribution is 2.41. The number of aliphatic hydroxyl groups is 1. The molecule has 2 aromatic rings. The molecule has 2 aromatic carbocycles. The van der Waals surface area contributed by atoms with E-state index in [1.54, 1.807) is 6.20 Å². The highest BCUT2D eigenvalue weighted by atomic mass is 16.5. The van der Waals surface area contributed by atoms with Crippen LogP contribution in [0.15, 0.2) is 71.9 Å². The first-order valence-corrected chi connectivity index (χ1v) is 15.3. The van der Waals surface area contributed by atoms with Gasteiger partial charge in [-0.25, -0.2) is 4.99 Å². The zero-order chi connectivity index (χ0) is 31.5. The van der Waals surface area contributed by atoms with Crippen molar-refractivity contribution in [3.8, 4) is 0 Å². The van der Waals surface area contributed by atoms with Crippen LogP contribution in [0.25, 0.3) is 5.70 Å². The van der Waals surface area contributed by atoms with Crippen LogP contribution in [0.3, 0.4) is 0 Å². The van der Waals surface area contributed by atoms with Gasteiger partial charge in [-0.1, -0.05) is 87.4 Å². The monoisotopic (exact) mass is 602 g/mol. The second kappa shape index (κ2) is 12.9. The Morgan fingerprint density at radius 1 is 1.11 bits per heavy atom. The number of nitrogens with zero attached hydrogens (tertiary/aromatic N) is 3. The van der Waals surface area contributed by atoms with E-state index in [0.29, 0.717) is 17.9 Å². The van der Waals surface area contributed by atoms with E-state index in [2.05, 4.69) is 5.32 Å². The van der Waals surface area contributed by atoms with Gasteiger partial charge in [-0.3, -0.25) is 19.3 Å². The summed E-state index contributed by atoms with van der Waals surface area (Å²) >= 11 is 0. The van der Waals surface area contributed by atoms with Crippen molar-refractivity contribution in [3.63, 3.8) is 0 Å². The normalized spacial score (nSPS) is 21.5. The average Bonchev–Trinajstić information content (AvgIpc) is 3.65. The van der Waals surface area contributed by atoms with Gasteiger partial charge in [0.15, 0.2) is 0 Å². The highest BCUT2D eigenvalue weighted by Gasteiger charge is 2.56. The molecule has 0 bridgehead atoms. The Morgan fingerprint density at radius 3 is 2.34 bits per heavy atom. The van der Waals surface area contributed by atoms with Crippen molar-refractivity contribution in [2.45, 2.75) is 76.2 Å². The second-order valence-corrected chi connectivity index (χ2v) is 12.3. The van der Waals surface area contributed by atoms with E-state index in [1.807, 2.05) is 74.5 Å². The molecule has 3 aliphatic rings. The Bertz CT molecular complexity index is 1420. The average molecular weight is 603 g/mol. The molecule has 44 heavy (non-hydrogen) atoms. The van der Waals surface area contributed by atoms with Crippen molar-refractivity contribution >= 4 is 29.3 Å². The zero-order valence-corrected chi connectivity index (χ0v) is 25.9. The first-order chi connectivity index (χ1) is 21.1. The highest BCUT2D eigenvalue weighted by molar-refractivity contribution is 5.99. The summed E-state index contributed by atoms with van der Waals surface area (Å²) in [5, 5.41) is 15.5. The van der Waals surface area contributed by atoms with Crippen LogP contribution >= 0.6 is 0 Å². The maximum atomic E-state index is 14.8. The van der Waals surface area contributed by atoms with Gasteiger partial charge in [0.1, 0.15) is 19.3 Å². The summed E-state index contributed by atoms with van der Waals surface area (Å²) in [4.78, 5) is 48.9. The van der Waals surface area contributed by atoms with Gasteiger partial charge in [0, 0.05) is 20.2 Å². The number of rotatable bonds is 10. The van der Waals surface area contributed by atoms with Crippen molar-refractivity contribution in [3.05, 3.63) is 78.0 Å². The van der Waals surface area contributed by atoms with Crippen molar-refractivity contribution in [2.75, 3.05) is 20.3 Å². The zero-order valence-electron chi connectivity index (χ0n) is 25.9. The number of nitrogens with one attached hydrogen (secondary N) is 1. The number of amides is 3. The number of carbonyl (C=O) groups excluding carboxylic acids is 3. The van der Waals surface area contributed by atoms with E-state index in [1.165, 1.54) is 23.8 Å². The van der Waals surface area contributed by atoms with Crippen LogP contribution in [0.5, 0.6) is 0 Å². The predicted molar refractivity (Wildman–Crippen MR) is 166 cm³/mol. The third-order valence-corrected chi connectivity index (χ3v) is 8.68. The number of benzene rings is 2. The van der Waals surface area contributed by atoms with E-state index < -0.39 is 35.2 Å². The van der Waals surface area contributed by atoms with Crippen molar-refractivity contribution in [1.29, 1.82) is 0 Å². The van der Waals surface area contributed by atoms with Crippen LogP contribution in [0.4, 0.5) is 0 Å². The van der Waals surface area contributed by atoms with E-state index in [0.717, 1.165) is 31.2 Å². The SMILES string of the molecule is COCC(=O)N1C=C(c2ccccc2)N([C@@H](Cc2ccccc2)C(O)(NC(C)=O)C2=NC3(CCCC3)CO2)C(=O)C1C(C)C. The summed E-state index contributed by atoms with van der Waals surface area (Å²) in [6.45, 7) is 5.15. The first kappa shape index (κ1) is 31.4. The molecule has 2 aliphatic heterocycles. The minimum absolute atomic E-state index is 0.00488. The molecule has 0 radical (unpaired) electrons. The molecule has 1 aliphatic carbocycles. The van der Waals surface area contributed by atoms with Gasteiger partial charge in [-0.2, -0.15) is 0 Å². The summed E-state index contributed by atoms with van der Waals surface area (Å²) in [7, 11) is 1.44. The van der Waals surface area contributed by atoms with Crippen LogP contribution in [-0.2, 0) is 30.3 Å². The number of ether oxygens (including phenoxy) is 2. The molecule has 2 N–H and O–H groups in total. The lowest BCUT2D eigenvalue weighted by Crippen LogP contribution is -2.70. The second-order valence-electron chi connectivity index (χ2n) is 12.3. The fourth-order valence-corrected chi connectivity index (χ4v) is 6.61. The first-order valence-electron chi connectivity index (χ1n) is 15.3. The predicted octanol–water partition coefficient (Wildman–Crippen LogP) is 3.50. The minimum atomic E-state index is -2.18. The van der Waals surface area contributed by atoms with Gasteiger partial charge in [-0.15, -0.1) is 0 Å². The van der Waals surface area contributed by atoms with Crippen LogP contribution < -0.4 is 5.32 Å². The maximum Gasteiger partial charge on any atom is 0.253 e. The summed E-state index contributed by atoms with van der Waals surface area (Å²) < 4.78 is 11.3. The Morgan fingerprint density at radius 2 is 1.75 bits per heavy atom. The van der Waals surface area contributed by atoms with Crippen LogP contribution in [0.1, 0.15) is 57.6 Å². The third kappa shape index (κ3) is 6.14. The Hall–Kier alpha value is -4.02. The van der Waals surface area contributed by atoms with Gasteiger partial charge < -0.3 is 24.8 Å². The lowest BCUT2D eigenvalue weighted by atomic mass is 9.89. The molecule has 1 spiro atoms. The Kier molecular flexibility index (Phi) is 9.22. The summed E-state index contributed by atoms with van der Waals surface area (Å²) in [5.41, 5.74) is -0.765. The molecule has 5 rings (SSSR count). The van der Waals surface area contributed by atoms with E-state index in [-0.39, 0.29) is 30.8 Å². The molecular formula is C34H42N4O6. The minimum Gasteiger partial charge on any atom is -0.475 e. The van der Waals surface area contributed by atoms with E-state index >= 15 is 0 Å². The van der Waals surface area contributed by atoms with E-state index in [9.17, 15) is 19.5 Å². The van der Waals surface area contributed by atoms with Gasteiger partial charge in [0.05, 0.1) is 17.3 Å². The number of hydrogen-bond donors (Lipinski definition) is 2. The molecular weight excluding hydrogens is 560 g/mol. The molecule has 1 saturated carbocycles. The van der Waals surface area contributed by atoms with E-state index in [4.69, 9.17) is 14.5 Å². The summed E-state index contributed by atoms with van der Waals surface area (Å²) in [6.07, 6.45) is 5.45. The molecule has 2 heterocycles. The fourth-order valence-electron chi connectivity index (χ4n) is 6.61. The van der Waals surface area contributed by atoms with Gasteiger partial charge in [-0.05, 0) is 36.3 Å². The fraction of sp³-hybridized carbons (Fsp3) is 0.471. The van der Waals surface area contributed by atoms with Gasteiger partial charge in [0.25, 0.3) is 11.8 Å². The summed E-state index contributed by atoms with van der Waals surface area (Å²) in [5.74, 6) is -1.56. The van der Waals surface area contributed by atoms with Crippen molar-refractivity contribution in [1.82, 2.24) is 15.1 Å². The third-order valence-electron chi connectivity index (χ3n) is 8.68.